The number of hydrazone groups is 1. The second-order valence-corrected chi connectivity index (χ2v) is 7.73. The number of ether oxygens (including phenoxy) is 1. The van der Waals surface area contributed by atoms with Crippen molar-refractivity contribution in [3.8, 4) is 5.75 Å². The van der Waals surface area contributed by atoms with Crippen molar-refractivity contribution in [2.45, 2.75) is 12.8 Å². The summed E-state index contributed by atoms with van der Waals surface area (Å²) in [5.74, 6) is -0.914. The molecule has 0 saturated heterocycles. The van der Waals surface area contributed by atoms with Crippen molar-refractivity contribution in [2.24, 2.45) is 5.10 Å². The molecule has 0 saturated carbocycles. The molecule has 0 heterocycles. The van der Waals surface area contributed by atoms with Crippen LogP contribution in [0.15, 0.2) is 70.2 Å². The Balaban J connectivity index is 1.66. The first kappa shape index (κ1) is 23.7. The normalized spacial score (nSPS) is 11.6. The van der Waals surface area contributed by atoms with E-state index in [1.807, 2.05) is 0 Å². The Hall–Kier alpha value is -2.91. The monoisotopic (exact) mass is 528 g/mol. The highest BCUT2D eigenvalue weighted by molar-refractivity contribution is 9.10. The lowest BCUT2D eigenvalue weighted by atomic mass is 10.1. The third-order valence-corrected chi connectivity index (χ3v) is 5.05. The lowest BCUT2D eigenvalue weighted by Gasteiger charge is -2.11. The summed E-state index contributed by atoms with van der Waals surface area (Å²) in [6.45, 7) is -0.0362. The van der Waals surface area contributed by atoms with E-state index in [2.05, 4.69) is 26.5 Å². The van der Waals surface area contributed by atoms with Crippen LogP contribution in [0.1, 0.15) is 27.0 Å². The summed E-state index contributed by atoms with van der Waals surface area (Å²) < 4.78 is 58.1. The summed E-state index contributed by atoms with van der Waals surface area (Å²) in [5, 5.41) is 3.96. The van der Waals surface area contributed by atoms with Gasteiger partial charge in [0.2, 0.25) is 0 Å². The van der Waals surface area contributed by atoms with Crippen LogP contribution in [0.25, 0.3) is 0 Å². The molecule has 3 rings (SSSR count). The van der Waals surface area contributed by atoms with Crippen LogP contribution in [-0.4, -0.2) is 12.1 Å². The molecular formula is C22H14BrClF4N2O2. The molecule has 166 valence electrons. The fourth-order valence-corrected chi connectivity index (χ4v) is 3.61. The second kappa shape index (κ2) is 10.1. The third kappa shape index (κ3) is 6.08. The predicted octanol–water partition coefficient (Wildman–Crippen LogP) is 6.60. The average Bonchev–Trinajstić information content (AvgIpc) is 2.74. The molecule has 0 spiro atoms. The van der Waals surface area contributed by atoms with Gasteiger partial charge in [0.05, 0.1) is 21.3 Å². The van der Waals surface area contributed by atoms with Crippen LogP contribution in [0.3, 0.4) is 0 Å². The molecule has 0 bridgehead atoms. The van der Waals surface area contributed by atoms with Gasteiger partial charge in [-0.1, -0.05) is 35.9 Å². The Labute approximate surface area is 194 Å². The lowest BCUT2D eigenvalue weighted by molar-refractivity contribution is -0.137. The SMILES string of the molecule is O=C(N/N=C\c1cc(Cl)c(OCc2ccccc2F)c(Br)c1)c1cccc(C(F)(F)F)c1. The number of carbonyl (C=O) groups excluding carboxylic acids is 1. The summed E-state index contributed by atoms with van der Waals surface area (Å²) >= 11 is 9.55. The van der Waals surface area contributed by atoms with Gasteiger partial charge in [-0.25, -0.2) is 9.82 Å². The van der Waals surface area contributed by atoms with E-state index < -0.39 is 23.5 Å². The molecule has 10 heteroatoms. The maximum absolute atomic E-state index is 13.7. The highest BCUT2D eigenvalue weighted by Crippen LogP contribution is 2.35. The number of hydrogen-bond donors (Lipinski definition) is 1. The molecule has 0 radical (unpaired) electrons. The van der Waals surface area contributed by atoms with E-state index in [1.54, 1.807) is 24.3 Å². The van der Waals surface area contributed by atoms with Crippen LogP contribution in [0.4, 0.5) is 17.6 Å². The summed E-state index contributed by atoms with van der Waals surface area (Å²) in [4.78, 5) is 12.1. The average molecular weight is 530 g/mol. The third-order valence-electron chi connectivity index (χ3n) is 4.18. The Bertz CT molecular complexity index is 1150. The summed E-state index contributed by atoms with van der Waals surface area (Å²) in [6, 6.07) is 13.3. The number of benzene rings is 3. The molecule has 0 unspecified atom stereocenters. The van der Waals surface area contributed by atoms with E-state index in [0.29, 0.717) is 21.3 Å². The van der Waals surface area contributed by atoms with Crippen molar-refractivity contribution < 1.29 is 27.1 Å². The van der Waals surface area contributed by atoms with Gasteiger partial charge in [-0.05, 0) is 57.9 Å². The number of nitrogens with one attached hydrogen (secondary N) is 1. The number of halogens is 6. The largest absolute Gasteiger partial charge is 0.486 e. The van der Waals surface area contributed by atoms with Crippen LogP contribution in [-0.2, 0) is 12.8 Å². The zero-order valence-electron chi connectivity index (χ0n) is 16.1. The quantitative estimate of drug-likeness (QED) is 0.222. The van der Waals surface area contributed by atoms with E-state index in [9.17, 15) is 22.4 Å². The van der Waals surface area contributed by atoms with Gasteiger partial charge in [-0.3, -0.25) is 4.79 Å². The molecule has 1 amide bonds. The van der Waals surface area contributed by atoms with E-state index in [1.165, 1.54) is 24.4 Å². The highest BCUT2D eigenvalue weighted by Gasteiger charge is 2.30. The van der Waals surface area contributed by atoms with Gasteiger partial charge in [0.15, 0.2) is 5.75 Å². The number of hydrogen-bond acceptors (Lipinski definition) is 3. The minimum atomic E-state index is -4.56. The number of nitrogens with zero attached hydrogens (tertiary/aromatic N) is 1. The van der Waals surface area contributed by atoms with Crippen LogP contribution in [0, 0.1) is 5.82 Å². The molecule has 1 N–H and O–H groups in total. The van der Waals surface area contributed by atoms with E-state index in [0.717, 1.165) is 18.2 Å². The number of carbonyl (C=O) groups is 1. The van der Waals surface area contributed by atoms with Crippen molar-refractivity contribution in [3.05, 3.63) is 98.2 Å². The Morgan fingerprint density at radius 1 is 1.12 bits per heavy atom. The van der Waals surface area contributed by atoms with Gasteiger partial charge < -0.3 is 4.74 Å². The topological polar surface area (TPSA) is 50.7 Å². The number of rotatable bonds is 6. The molecule has 0 fully saturated rings. The zero-order valence-corrected chi connectivity index (χ0v) is 18.4. The van der Waals surface area contributed by atoms with Crippen molar-refractivity contribution in [1.82, 2.24) is 5.43 Å². The van der Waals surface area contributed by atoms with Crippen LogP contribution < -0.4 is 10.2 Å². The molecule has 4 nitrogen and oxygen atoms in total. The Morgan fingerprint density at radius 2 is 1.88 bits per heavy atom. The first-order chi connectivity index (χ1) is 15.1. The first-order valence-electron chi connectivity index (χ1n) is 9.01. The van der Waals surface area contributed by atoms with Gasteiger partial charge >= 0.3 is 6.18 Å². The molecule has 3 aromatic rings. The molecule has 0 aromatic heterocycles. The minimum Gasteiger partial charge on any atom is -0.486 e. The number of alkyl halides is 3. The van der Waals surface area contributed by atoms with Crippen LogP contribution in [0.5, 0.6) is 5.75 Å². The zero-order chi connectivity index (χ0) is 23.3. The maximum atomic E-state index is 13.7. The van der Waals surface area contributed by atoms with Gasteiger partial charge in [-0.2, -0.15) is 18.3 Å². The van der Waals surface area contributed by atoms with Crippen LogP contribution >= 0.6 is 27.5 Å². The smallest absolute Gasteiger partial charge is 0.416 e. The van der Waals surface area contributed by atoms with Gasteiger partial charge in [0.25, 0.3) is 5.91 Å². The Morgan fingerprint density at radius 3 is 2.56 bits per heavy atom. The fraction of sp³-hybridized carbons (Fsp3) is 0.0909. The van der Waals surface area contributed by atoms with E-state index in [4.69, 9.17) is 16.3 Å². The van der Waals surface area contributed by atoms with Crippen molar-refractivity contribution in [3.63, 3.8) is 0 Å². The first-order valence-corrected chi connectivity index (χ1v) is 10.2. The standard InChI is InChI=1S/C22H14BrClF4N2O2/c23-17-8-13(9-18(24)20(17)32-12-15-4-1-2-7-19(15)25)11-29-30-21(31)14-5-3-6-16(10-14)22(26,27)28/h1-11H,12H2,(H,30,31)/b29-11-. The molecular weight excluding hydrogens is 516 g/mol. The number of amides is 1. The van der Waals surface area contributed by atoms with Crippen molar-refractivity contribution in [2.75, 3.05) is 0 Å². The Kier molecular flexibility index (Phi) is 7.52. The van der Waals surface area contributed by atoms with Crippen molar-refractivity contribution >= 4 is 39.7 Å². The maximum Gasteiger partial charge on any atom is 0.416 e. The lowest BCUT2D eigenvalue weighted by Crippen LogP contribution is -2.18. The predicted molar refractivity (Wildman–Crippen MR) is 116 cm³/mol. The summed E-state index contributed by atoms with van der Waals surface area (Å²) in [6.07, 6.45) is -3.29. The van der Waals surface area contributed by atoms with Gasteiger partial charge in [0.1, 0.15) is 12.4 Å². The summed E-state index contributed by atoms with van der Waals surface area (Å²) in [7, 11) is 0. The minimum absolute atomic E-state index is 0.0362. The van der Waals surface area contributed by atoms with Gasteiger partial charge in [0, 0.05) is 11.1 Å². The fourth-order valence-electron chi connectivity index (χ4n) is 2.62. The van der Waals surface area contributed by atoms with Crippen molar-refractivity contribution in [1.29, 1.82) is 0 Å². The van der Waals surface area contributed by atoms with Gasteiger partial charge in [-0.15, -0.1) is 0 Å². The van der Waals surface area contributed by atoms with E-state index in [-0.39, 0.29) is 17.2 Å². The van der Waals surface area contributed by atoms with E-state index >= 15 is 0 Å². The highest BCUT2D eigenvalue weighted by atomic mass is 79.9. The molecule has 0 aliphatic rings. The molecule has 0 aliphatic carbocycles. The van der Waals surface area contributed by atoms with Crippen LogP contribution in [0.2, 0.25) is 5.02 Å². The summed E-state index contributed by atoms with van der Waals surface area (Å²) in [5.41, 5.74) is 1.88. The molecule has 3 aromatic carbocycles. The molecule has 32 heavy (non-hydrogen) atoms. The molecule has 0 atom stereocenters. The second-order valence-electron chi connectivity index (χ2n) is 6.47. The molecule has 0 aliphatic heterocycles.